The molecule has 2 rings (SSSR count). The number of ether oxygens (including phenoxy) is 1. The molecule has 1 saturated heterocycles. The molecule has 0 spiro atoms. The molecule has 0 radical (unpaired) electrons. The Kier molecular flexibility index (Phi) is 4.68. The average molecular weight is 280 g/mol. The SMILES string of the molecule is Cc1ccc(F)cc1NC(=O)C(=O)NC[C@H]1CCCO1. The largest absolute Gasteiger partial charge is 0.376 e. The van der Waals surface area contributed by atoms with E-state index in [9.17, 15) is 14.0 Å². The Morgan fingerprint density at radius 3 is 2.90 bits per heavy atom. The van der Waals surface area contributed by atoms with Gasteiger partial charge in [0.25, 0.3) is 0 Å². The van der Waals surface area contributed by atoms with E-state index in [4.69, 9.17) is 4.74 Å². The summed E-state index contributed by atoms with van der Waals surface area (Å²) in [5.74, 6) is -2.02. The number of anilines is 1. The maximum Gasteiger partial charge on any atom is 0.313 e. The first-order valence-corrected chi connectivity index (χ1v) is 6.53. The minimum Gasteiger partial charge on any atom is -0.376 e. The molecule has 0 aromatic heterocycles. The molecule has 5 nitrogen and oxygen atoms in total. The van der Waals surface area contributed by atoms with Crippen molar-refractivity contribution in [2.75, 3.05) is 18.5 Å². The summed E-state index contributed by atoms with van der Waals surface area (Å²) < 4.78 is 18.4. The summed E-state index contributed by atoms with van der Waals surface area (Å²) in [5.41, 5.74) is 0.981. The highest BCUT2D eigenvalue weighted by molar-refractivity contribution is 6.39. The Morgan fingerprint density at radius 2 is 2.20 bits per heavy atom. The van der Waals surface area contributed by atoms with Crippen LogP contribution in [-0.4, -0.2) is 31.1 Å². The van der Waals surface area contributed by atoms with Crippen LogP contribution in [0.2, 0.25) is 0 Å². The van der Waals surface area contributed by atoms with Gasteiger partial charge in [-0.3, -0.25) is 9.59 Å². The third-order valence-electron chi connectivity index (χ3n) is 3.17. The molecule has 1 heterocycles. The van der Waals surface area contributed by atoms with Crippen LogP contribution >= 0.6 is 0 Å². The molecule has 0 unspecified atom stereocenters. The summed E-state index contributed by atoms with van der Waals surface area (Å²) in [5, 5.41) is 4.90. The van der Waals surface area contributed by atoms with E-state index < -0.39 is 17.6 Å². The molecule has 1 aromatic carbocycles. The highest BCUT2D eigenvalue weighted by atomic mass is 19.1. The van der Waals surface area contributed by atoms with Crippen molar-refractivity contribution in [1.82, 2.24) is 5.32 Å². The van der Waals surface area contributed by atoms with Gasteiger partial charge in [0.15, 0.2) is 0 Å². The van der Waals surface area contributed by atoms with Crippen molar-refractivity contribution in [3.8, 4) is 0 Å². The second-order valence-corrected chi connectivity index (χ2v) is 4.76. The second kappa shape index (κ2) is 6.47. The minimum atomic E-state index is -0.809. The van der Waals surface area contributed by atoms with Crippen molar-refractivity contribution in [3.63, 3.8) is 0 Å². The fraction of sp³-hybridized carbons (Fsp3) is 0.429. The first-order valence-electron chi connectivity index (χ1n) is 6.53. The van der Waals surface area contributed by atoms with Gasteiger partial charge in [0, 0.05) is 18.8 Å². The molecule has 6 heteroatoms. The lowest BCUT2D eigenvalue weighted by Crippen LogP contribution is -2.39. The lowest BCUT2D eigenvalue weighted by molar-refractivity contribution is -0.136. The van der Waals surface area contributed by atoms with Crippen LogP contribution in [0.4, 0.5) is 10.1 Å². The molecule has 0 saturated carbocycles. The van der Waals surface area contributed by atoms with E-state index in [2.05, 4.69) is 10.6 Å². The van der Waals surface area contributed by atoms with Gasteiger partial charge in [0.1, 0.15) is 5.82 Å². The Balaban J connectivity index is 1.87. The van der Waals surface area contributed by atoms with Crippen LogP contribution < -0.4 is 10.6 Å². The average Bonchev–Trinajstić information content (AvgIpc) is 2.93. The smallest absolute Gasteiger partial charge is 0.313 e. The molecule has 1 aliphatic rings. The molecule has 108 valence electrons. The zero-order valence-electron chi connectivity index (χ0n) is 11.2. The molecule has 1 atom stereocenters. The third-order valence-corrected chi connectivity index (χ3v) is 3.17. The van der Waals surface area contributed by atoms with E-state index in [1.807, 2.05) is 0 Å². The monoisotopic (exact) mass is 280 g/mol. The predicted octanol–water partition coefficient (Wildman–Crippen LogP) is 1.37. The van der Waals surface area contributed by atoms with Gasteiger partial charge in [-0.2, -0.15) is 0 Å². The zero-order chi connectivity index (χ0) is 14.5. The summed E-state index contributed by atoms with van der Waals surface area (Å²) in [6.07, 6.45) is 1.82. The first kappa shape index (κ1) is 14.5. The number of aryl methyl sites for hydroxylation is 1. The number of hydrogen-bond acceptors (Lipinski definition) is 3. The van der Waals surface area contributed by atoms with E-state index in [1.54, 1.807) is 6.92 Å². The normalized spacial score (nSPS) is 17.8. The van der Waals surface area contributed by atoms with Crippen molar-refractivity contribution < 1.29 is 18.7 Å². The molecule has 0 bridgehead atoms. The Labute approximate surface area is 116 Å². The van der Waals surface area contributed by atoms with Crippen molar-refractivity contribution in [3.05, 3.63) is 29.6 Å². The maximum atomic E-state index is 13.1. The van der Waals surface area contributed by atoms with E-state index in [0.717, 1.165) is 12.8 Å². The summed E-state index contributed by atoms with van der Waals surface area (Å²) in [6, 6.07) is 4.01. The van der Waals surface area contributed by atoms with Gasteiger partial charge in [0.2, 0.25) is 0 Å². The molecule has 0 aliphatic carbocycles. The van der Waals surface area contributed by atoms with Crippen molar-refractivity contribution in [2.45, 2.75) is 25.9 Å². The van der Waals surface area contributed by atoms with Gasteiger partial charge in [-0.05, 0) is 37.5 Å². The van der Waals surface area contributed by atoms with Crippen molar-refractivity contribution in [2.24, 2.45) is 0 Å². The number of amides is 2. The van der Waals surface area contributed by atoms with E-state index in [1.165, 1.54) is 18.2 Å². The summed E-state index contributed by atoms with van der Waals surface area (Å²) in [6.45, 7) is 2.73. The molecule has 1 aliphatic heterocycles. The number of halogens is 1. The van der Waals surface area contributed by atoms with Crippen LogP contribution in [0.15, 0.2) is 18.2 Å². The highest BCUT2D eigenvalue weighted by Crippen LogP contribution is 2.15. The van der Waals surface area contributed by atoms with E-state index >= 15 is 0 Å². The molecular formula is C14H17FN2O3. The maximum absolute atomic E-state index is 13.1. The summed E-state index contributed by atoms with van der Waals surface area (Å²) in [4.78, 5) is 23.3. The van der Waals surface area contributed by atoms with Crippen LogP contribution in [-0.2, 0) is 14.3 Å². The number of hydrogen-bond donors (Lipinski definition) is 2. The van der Waals surface area contributed by atoms with Gasteiger partial charge >= 0.3 is 11.8 Å². The lowest BCUT2D eigenvalue weighted by atomic mass is 10.2. The molecule has 20 heavy (non-hydrogen) atoms. The van der Waals surface area contributed by atoms with Gasteiger partial charge in [-0.15, -0.1) is 0 Å². The Bertz CT molecular complexity index is 513. The van der Waals surface area contributed by atoms with Crippen LogP contribution in [0.5, 0.6) is 0 Å². The molecule has 1 aromatic rings. The van der Waals surface area contributed by atoms with E-state index in [0.29, 0.717) is 24.4 Å². The van der Waals surface area contributed by atoms with Crippen LogP contribution in [0, 0.1) is 12.7 Å². The van der Waals surface area contributed by atoms with Gasteiger partial charge in [-0.1, -0.05) is 6.07 Å². The van der Waals surface area contributed by atoms with E-state index in [-0.39, 0.29) is 6.10 Å². The highest BCUT2D eigenvalue weighted by Gasteiger charge is 2.19. The lowest BCUT2D eigenvalue weighted by Gasteiger charge is -2.11. The summed E-state index contributed by atoms with van der Waals surface area (Å²) >= 11 is 0. The molecule has 1 fully saturated rings. The topological polar surface area (TPSA) is 67.4 Å². The van der Waals surface area contributed by atoms with Crippen molar-refractivity contribution >= 4 is 17.5 Å². The first-order chi connectivity index (χ1) is 9.56. The second-order valence-electron chi connectivity index (χ2n) is 4.76. The Morgan fingerprint density at radius 1 is 1.40 bits per heavy atom. The zero-order valence-corrected chi connectivity index (χ0v) is 11.2. The van der Waals surface area contributed by atoms with Gasteiger partial charge in [0.05, 0.1) is 6.10 Å². The molecule has 2 N–H and O–H groups in total. The van der Waals surface area contributed by atoms with Gasteiger partial charge < -0.3 is 15.4 Å². The third kappa shape index (κ3) is 3.77. The quantitative estimate of drug-likeness (QED) is 0.822. The van der Waals surface area contributed by atoms with Crippen LogP contribution in [0.1, 0.15) is 18.4 Å². The summed E-state index contributed by atoms with van der Waals surface area (Å²) in [7, 11) is 0. The van der Waals surface area contributed by atoms with Crippen LogP contribution in [0.3, 0.4) is 0 Å². The fourth-order valence-corrected chi connectivity index (χ4v) is 2.00. The number of rotatable bonds is 3. The fourth-order valence-electron chi connectivity index (χ4n) is 2.00. The minimum absolute atomic E-state index is 0.0253. The standard InChI is InChI=1S/C14H17FN2O3/c1-9-4-5-10(15)7-12(9)17-14(19)13(18)16-8-11-3-2-6-20-11/h4-5,7,11H,2-3,6,8H2,1H3,(H,16,18)(H,17,19)/t11-/m1/s1. The Hall–Kier alpha value is -1.95. The van der Waals surface area contributed by atoms with Gasteiger partial charge in [-0.25, -0.2) is 4.39 Å². The molecule has 2 amide bonds. The predicted molar refractivity (Wildman–Crippen MR) is 71.8 cm³/mol. The molecular weight excluding hydrogens is 263 g/mol. The number of carbonyl (C=O) groups is 2. The number of carbonyl (C=O) groups excluding carboxylic acids is 2. The van der Waals surface area contributed by atoms with Crippen molar-refractivity contribution in [1.29, 1.82) is 0 Å². The van der Waals surface area contributed by atoms with Crippen LogP contribution in [0.25, 0.3) is 0 Å². The number of benzene rings is 1. The number of nitrogens with one attached hydrogen (secondary N) is 2.